The largest absolute Gasteiger partial charge is 0.534 e. The minimum atomic E-state index is -5.91. The van der Waals surface area contributed by atoms with E-state index in [0.29, 0.717) is 6.07 Å². The van der Waals surface area contributed by atoms with Crippen molar-refractivity contribution in [2.24, 2.45) is 0 Å². The molecule has 7 nitrogen and oxygen atoms in total. The third kappa shape index (κ3) is 4.73. The van der Waals surface area contributed by atoms with Gasteiger partial charge in [0.15, 0.2) is 0 Å². The molecule has 0 aliphatic rings. The first-order valence-electron chi connectivity index (χ1n) is 5.60. The van der Waals surface area contributed by atoms with Crippen LogP contribution in [-0.2, 0) is 19.7 Å². The van der Waals surface area contributed by atoms with E-state index in [1.165, 1.54) is 0 Å². The van der Waals surface area contributed by atoms with E-state index in [9.17, 15) is 31.2 Å². The Labute approximate surface area is 132 Å². The number of benzene rings is 1. The molecule has 2 N–H and O–H groups in total. The van der Waals surface area contributed by atoms with Crippen LogP contribution in [0, 0.1) is 0 Å². The lowest BCUT2D eigenvalue weighted by atomic mass is 9.96. The van der Waals surface area contributed by atoms with Crippen LogP contribution in [0.1, 0.15) is 17.9 Å². The standard InChI is InChI=1S/C11H8ClF3O7S/c12-8-3-5(22-23(20,21)11(13,14)15)1-2-6(8)7(10(18)19)4-9(16)17/h1-3,7H,4H2,(H,16,17)(H,18,19). The van der Waals surface area contributed by atoms with E-state index < -0.39 is 50.7 Å². The first-order chi connectivity index (χ1) is 10.3. The predicted molar refractivity (Wildman–Crippen MR) is 69.7 cm³/mol. The topological polar surface area (TPSA) is 118 Å². The Morgan fingerprint density at radius 2 is 1.83 bits per heavy atom. The monoisotopic (exact) mass is 376 g/mol. The molecule has 1 atom stereocenters. The molecule has 0 aromatic heterocycles. The van der Waals surface area contributed by atoms with E-state index in [1.54, 1.807) is 0 Å². The number of aliphatic carboxylic acids is 2. The molecule has 12 heteroatoms. The van der Waals surface area contributed by atoms with Crippen molar-refractivity contribution in [3.05, 3.63) is 28.8 Å². The molecule has 23 heavy (non-hydrogen) atoms. The van der Waals surface area contributed by atoms with E-state index in [1.807, 2.05) is 0 Å². The van der Waals surface area contributed by atoms with Gasteiger partial charge in [-0.3, -0.25) is 9.59 Å². The van der Waals surface area contributed by atoms with E-state index in [2.05, 4.69) is 4.18 Å². The second-order valence-corrected chi connectivity index (χ2v) is 6.10. The SMILES string of the molecule is O=C(O)CC(C(=O)O)c1ccc(OS(=O)(=O)C(F)(F)F)cc1Cl. The van der Waals surface area contributed by atoms with Gasteiger partial charge in [-0.05, 0) is 11.6 Å². The summed E-state index contributed by atoms with van der Waals surface area (Å²) in [5.74, 6) is -5.32. The van der Waals surface area contributed by atoms with E-state index in [-0.39, 0.29) is 5.56 Å². The smallest absolute Gasteiger partial charge is 0.481 e. The summed E-state index contributed by atoms with van der Waals surface area (Å²) >= 11 is 5.68. The van der Waals surface area contributed by atoms with Crippen molar-refractivity contribution in [3.8, 4) is 5.75 Å². The van der Waals surface area contributed by atoms with E-state index >= 15 is 0 Å². The zero-order valence-corrected chi connectivity index (χ0v) is 12.4. The number of carboxylic acids is 2. The number of alkyl halides is 3. The molecule has 1 rings (SSSR count). The van der Waals surface area contributed by atoms with Crippen molar-refractivity contribution in [3.63, 3.8) is 0 Å². The van der Waals surface area contributed by atoms with E-state index in [4.69, 9.17) is 21.8 Å². The van der Waals surface area contributed by atoms with Crippen LogP contribution >= 0.6 is 11.6 Å². The van der Waals surface area contributed by atoms with Crippen LogP contribution in [0.25, 0.3) is 0 Å². The number of rotatable bonds is 6. The Bertz CT molecular complexity index is 730. The zero-order chi connectivity index (χ0) is 18.0. The third-order valence-corrected chi connectivity index (χ3v) is 3.82. The molecule has 1 aromatic rings. The molecule has 128 valence electrons. The number of hydrogen-bond acceptors (Lipinski definition) is 5. The zero-order valence-electron chi connectivity index (χ0n) is 10.9. The molecule has 0 bridgehead atoms. The minimum Gasteiger partial charge on any atom is -0.481 e. The first kappa shape index (κ1) is 19.0. The molecular formula is C11H8ClF3O7S. The summed E-state index contributed by atoms with van der Waals surface area (Å²) in [5.41, 5.74) is -5.86. The maximum atomic E-state index is 12.2. The van der Waals surface area contributed by atoms with Gasteiger partial charge in [0.2, 0.25) is 0 Å². The molecule has 0 saturated heterocycles. The van der Waals surface area contributed by atoms with Gasteiger partial charge in [0.05, 0.1) is 12.3 Å². The second-order valence-electron chi connectivity index (χ2n) is 4.16. The normalized spacial score (nSPS) is 13.4. The Morgan fingerprint density at radius 3 is 2.22 bits per heavy atom. The minimum absolute atomic E-state index is 0.210. The summed E-state index contributed by atoms with van der Waals surface area (Å²) in [4.78, 5) is 21.7. The van der Waals surface area contributed by atoms with Crippen LogP contribution in [0.4, 0.5) is 13.2 Å². The number of hydrogen-bond donors (Lipinski definition) is 2. The molecule has 1 unspecified atom stereocenters. The molecular weight excluding hydrogens is 369 g/mol. The second kappa shape index (κ2) is 6.62. The van der Waals surface area contributed by atoms with Crippen LogP contribution in [-0.4, -0.2) is 36.1 Å². The Kier molecular flexibility index (Phi) is 5.48. The summed E-state index contributed by atoms with van der Waals surface area (Å²) in [6.07, 6.45) is -0.823. The van der Waals surface area contributed by atoms with E-state index in [0.717, 1.165) is 12.1 Å². The molecule has 1 aromatic carbocycles. The van der Waals surface area contributed by atoms with Crippen LogP contribution in [0.3, 0.4) is 0 Å². The lowest BCUT2D eigenvalue weighted by Crippen LogP contribution is -2.28. The quantitative estimate of drug-likeness (QED) is 0.577. The highest BCUT2D eigenvalue weighted by Gasteiger charge is 2.48. The molecule has 0 aliphatic carbocycles. The molecule has 0 spiro atoms. The maximum absolute atomic E-state index is 12.2. The van der Waals surface area contributed by atoms with Crippen LogP contribution < -0.4 is 4.18 Å². The molecule has 0 heterocycles. The van der Waals surface area contributed by atoms with Crippen molar-refractivity contribution in [1.82, 2.24) is 0 Å². The Balaban J connectivity index is 3.16. The fraction of sp³-hybridized carbons (Fsp3) is 0.273. The van der Waals surface area contributed by atoms with Crippen molar-refractivity contribution >= 4 is 33.7 Å². The highest BCUT2D eigenvalue weighted by molar-refractivity contribution is 7.88. The summed E-state index contributed by atoms with van der Waals surface area (Å²) in [7, 11) is -5.91. The van der Waals surface area contributed by atoms with Gasteiger partial charge in [0.25, 0.3) is 0 Å². The van der Waals surface area contributed by atoms with Crippen molar-refractivity contribution in [1.29, 1.82) is 0 Å². The van der Waals surface area contributed by atoms with Crippen molar-refractivity contribution in [2.45, 2.75) is 17.8 Å². The number of halogens is 4. The van der Waals surface area contributed by atoms with Gasteiger partial charge in [0.1, 0.15) is 5.75 Å². The van der Waals surface area contributed by atoms with Crippen LogP contribution in [0.5, 0.6) is 5.75 Å². The van der Waals surface area contributed by atoms with Crippen LogP contribution in [0.2, 0.25) is 5.02 Å². The molecule has 0 saturated carbocycles. The summed E-state index contributed by atoms with van der Waals surface area (Å²) in [6, 6.07) is 2.27. The Morgan fingerprint density at radius 1 is 1.26 bits per heavy atom. The average molecular weight is 377 g/mol. The first-order valence-corrected chi connectivity index (χ1v) is 7.38. The van der Waals surface area contributed by atoms with Gasteiger partial charge in [0, 0.05) is 11.1 Å². The van der Waals surface area contributed by atoms with Gasteiger partial charge < -0.3 is 14.4 Å². The van der Waals surface area contributed by atoms with Gasteiger partial charge in [-0.15, -0.1) is 0 Å². The van der Waals surface area contributed by atoms with Crippen LogP contribution in [0.15, 0.2) is 18.2 Å². The molecule has 0 aliphatic heterocycles. The van der Waals surface area contributed by atoms with Gasteiger partial charge in [-0.25, -0.2) is 0 Å². The molecule has 0 radical (unpaired) electrons. The van der Waals surface area contributed by atoms with Crippen molar-refractivity contribution < 1.29 is 45.6 Å². The van der Waals surface area contributed by atoms with Crippen molar-refractivity contribution in [2.75, 3.05) is 0 Å². The predicted octanol–water partition coefficient (Wildman–Crippen LogP) is 2.21. The fourth-order valence-electron chi connectivity index (χ4n) is 1.52. The highest BCUT2D eigenvalue weighted by atomic mass is 35.5. The van der Waals surface area contributed by atoms with Gasteiger partial charge in [-0.1, -0.05) is 17.7 Å². The fourth-order valence-corrected chi connectivity index (χ4v) is 2.27. The van der Waals surface area contributed by atoms with Gasteiger partial charge >= 0.3 is 27.6 Å². The number of carbonyl (C=O) groups is 2. The Hall–Kier alpha value is -2.01. The lowest BCUT2D eigenvalue weighted by molar-refractivity contribution is -0.145. The van der Waals surface area contributed by atoms with Gasteiger partial charge in [-0.2, -0.15) is 21.6 Å². The summed E-state index contributed by atoms with van der Waals surface area (Å²) < 4.78 is 62.1. The molecule has 0 fully saturated rings. The number of carboxylic acid groups (broad SMARTS) is 2. The average Bonchev–Trinajstić information content (AvgIpc) is 2.34. The highest BCUT2D eigenvalue weighted by Crippen LogP contribution is 2.33. The third-order valence-electron chi connectivity index (χ3n) is 2.51. The summed E-state index contributed by atoms with van der Waals surface area (Å²) in [6.45, 7) is 0. The summed E-state index contributed by atoms with van der Waals surface area (Å²) in [5, 5.41) is 17.2. The molecule has 0 amide bonds. The maximum Gasteiger partial charge on any atom is 0.534 e. The lowest BCUT2D eigenvalue weighted by Gasteiger charge is -2.14.